The fraction of sp³-hybridized carbons (Fsp3) is 0.462. The molecule has 0 fully saturated rings. The zero-order valence-corrected chi connectivity index (χ0v) is 10.7. The first-order valence-corrected chi connectivity index (χ1v) is 5.84. The lowest BCUT2D eigenvalue weighted by molar-refractivity contribution is 0.279. The molecule has 0 bridgehead atoms. The molecule has 0 saturated heterocycles. The highest BCUT2D eigenvalue weighted by molar-refractivity contribution is 5.84. The predicted octanol–water partition coefficient (Wildman–Crippen LogP) is 1.82. The van der Waals surface area contributed by atoms with Crippen molar-refractivity contribution in [2.45, 2.75) is 32.9 Å². The topological polar surface area (TPSA) is 61.8 Å². The molecule has 17 heavy (non-hydrogen) atoms. The van der Waals surface area contributed by atoms with Crippen molar-refractivity contribution >= 4 is 5.84 Å². The normalized spacial score (nSPS) is 14.0. The van der Waals surface area contributed by atoms with Crippen molar-refractivity contribution < 1.29 is 5.21 Å². The van der Waals surface area contributed by atoms with Gasteiger partial charge in [0.25, 0.3) is 0 Å². The second kappa shape index (κ2) is 6.25. The van der Waals surface area contributed by atoms with Gasteiger partial charge in [0.15, 0.2) is 5.84 Å². The van der Waals surface area contributed by atoms with Gasteiger partial charge in [-0.2, -0.15) is 0 Å². The Bertz CT molecular complexity index is 373. The van der Waals surface area contributed by atoms with Gasteiger partial charge in [0.05, 0.1) is 6.04 Å². The van der Waals surface area contributed by atoms with Crippen molar-refractivity contribution in [1.82, 2.24) is 4.90 Å². The fourth-order valence-corrected chi connectivity index (χ4v) is 1.61. The van der Waals surface area contributed by atoms with Gasteiger partial charge in [0, 0.05) is 6.54 Å². The number of likely N-dealkylation sites (N-methyl/N-ethyl adjacent to an activating group) is 1. The molecule has 1 aromatic carbocycles. The van der Waals surface area contributed by atoms with Crippen molar-refractivity contribution in [3.8, 4) is 0 Å². The Balaban J connectivity index is 2.64. The Kier molecular flexibility index (Phi) is 4.97. The number of hydrogen-bond donors (Lipinski definition) is 2. The summed E-state index contributed by atoms with van der Waals surface area (Å²) in [4.78, 5) is 2.04. The first kappa shape index (κ1) is 13.5. The van der Waals surface area contributed by atoms with Gasteiger partial charge in [-0.25, -0.2) is 0 Å². The van der Waals surface area contributed by atoms with Gasteiger partial charge in [-0.3, -0.25) is 4.90 Å². The van der Waals surface area contributed by atoms with Gasteiger partial charge in [0.2, 0.25) is 0 Å². The van der Waals surface area contributed by atoms with E-state index in [2.05, 4.69) is 36.3 Å². The van der Waals surface area contributed by atoms with Crippen molar-refractivity contribution in [3.63, 3.8) is 0 Å². The van der Waals surface area contributed by atoms with Crippen LogP contribution in [0.15, 0.2) is 29.4 Å². The summed E-state index contributed by atoms with van der Waals surface area (Å²) in [6.07, 6.45) is 1.05. The minimum Gasteiger partial charge on any atom is -0.409 e. The molecule has 0 aromatic heterocycles. The summed E-state index contributed by atoms with van der Waals surface area (Å²) in [5, 5.41) is 11.7. The quantitative estimate of drug-likeness (QED) is 0.354. The standard InChI is InChI=1S/C13H21N3O/c1-4-11-5-7-12(8-6-11)9-16(3)10(2)13(14)15-17/h5-8,10,17H,4,9H2,1-3H3,(H2,14,15). The van der Waals surface area contributed by atoms with E-state index in [1.165, 1.54) is 11.1 Å². The molecular weight excluding hydrogens is 214 g/mol. The van der Waals surface area contributed by atoms with Crippen molar-refractivity contribution in [2.24, 2.45) is 10.9 Å². The largest absolute Gasteiger partial charge is 0.409 e. The molecule has 4 heteroatoms. The van der Waals surface area contributed by atoms with Crippen LogP contribution in [-0.4, -0.2) is 29.0 Å². The molecule has 0 amide bonds. The van der Waals surface area contributed by atoms with Crippen LogP contribution in [0.25, 0.3) is 0 Å². The lowest BCUT2D eigenvalue weighted by atomic mass is 10.1. The maximum absolute atomic E-state index is 8.62. The predicted molar refractivity (Wildman–Crippen MR) is 70.2 cm³/mol. The maximum atomic E-state index is 8.62. The minimum absolute atomic E-state index is 0.0779. The van der Waals surface area contributed by atoms with E-state index >= 15 is 0 Å². The van der Waals surface area contributed by atoms with Crippen LogP contribution in [0.3, 0.4) is 0 Å². The lowest BCUT2D eigenvalue weighted by Crippen LogP contribution is -2.40. The summed E-state index contributed by atoms with van der Waals surface area (Å²) >= 11 is 0. The first-order chi connectivity index (χ1) is 8.08. The third-order valence-electron chi connectivity index (χ3n) is 3.07. The zero-order chi connectivity index (χ0) is 12.8. The van der Waals surface area contributed by atoms with Crippen molar-refractivity contribution in [3.05, 3.63) is 35.4 Å². The van der Waals surface area contributed by atoms with E-state index in [4.69, 9.17) is 10.9 Å². The van der Waals surface area contributed by atoms with Crippen molar-refractivity contribution in [2.75, 3.05) is 7.05 Å². The van der Waals surface area contributed by atoms with Crippen LogP contribution in [-0.2, 0) is 13.0 Å². The Labute approximate surface area is 103 Å². The Morgan fingerprint density at radius 2 is 1.88 bits per heavy atom. The second-order valence-electron chi connectivity index (χ2n) is 4.29. The molecular formula is C13H21N3O. The van der Waals surface area contributed by atoms with Crippen LogP contribution in [0, 0.1) is 0 Å². The monoisotopic (exact) mass is 235 g/mol. The number of rotatable bonds is 5. The summed E-state index contributed by atoms with van der Waals surface area (Å²) in [6, 6.07) is 8.43. The zero-order valence-electron chi connectivity index (χ0n) is 10.7. The van der Waals surface area contributed by atoms with Gasteiger partial charge in [-0.15, -0.1) is 0 Å². The Hall–Kier alpha value is -1.55. The van der Waals surface area contributed by atoms with E-state index in [1.54, 1.807) is 0 Å². The van der Waals surface area contributed by atoms with Gasteiger partial charge < -0.3 is 10.9 Å². The third kappa shape index (κ3) is 3.75. The van der Waals surface area contributed by atoms with E-state index in [0.29, 0.717) is 0 Å². The SMILES string of the molecule is CCc1ccc(CN(C)C(C)C(N)=NO)cc1. The smallest absolute Gasteiger partial charge is 0.156 e. The molecule has 0 aliphatic rings. The molecule has 0 saturated carbocycles. The van der Waals surface area contributed by atoms with Crippen LogP contribution in [0.2, 0.25) is 0 Å². The highest BCUT2D eigenvalue weighted by Crippen LogP contribution is 2.09. The molecule has 0 radical (unpaired) electrons. The van der Waals surface area contributed by atoms with Gasteiger partial charge >= 0.3 is 0 Å². The fourth-order valence-electron chi connectivity index (χ4n) is 1.61. The Morgan fingerprint density at radius 1 is 1.35 bits per heavy atom. The molecule has 4 nitrogen and oxygen atoms in total. The van der Waals surface area contributed by atoms with Crippen LogP contribution in [0.5, 0.6) is 0 Å². The number of oxime groups is 1. The number of nitrogens with two attached hydrogens (primary N) is 1. The average Bonchev–Trinajstić information content (AvgIpc) is 2.37. The van der Waals surface area contributed by atoms with Crippen LogP contribution in [0.1, 0.15) is 25.0 Å². The number of hydrogen-bond acceptors (Lipinski definition) is 3. The van der Waals surface area contributed by atoms with Crippen LogP contribution in [0.4, 0.5) is 0 Å². The third-order valence-corrected chi connectivity index (χ3v) is 3.07. The van der Waals surface area contributed by atoms with E-state index in [-0.39, 0.29) is 11.9 Å². The van der Waals surface area contributed by atoms with Crippen LogP contribution >= 0.6 is 0 Å². The summed E-state index contributed by atoms with van der Waals surface area (Å²) in [5.41, 5.74) is 8.13. The molecule has 94 valence electrons. The maximum Gasteiger partial charge on any atom is 0.156 e. The van der Waals surface area contributed by atoms with Gasteiger partial charge in [-0.1, -0.05) is 36.3 Å². The average molecular weight is 235 g/mol. The number of benzene rings is 1. The van der Waals surface area contributed by atoms with E-state index in [0.717, 1.165) is 13.0 Å². The van der Waals surface area contributed by atoms with Crippen molar-refractivity contribution in [1.29, 1.82) is 0 Å². The molecule has 1 unspecified atom stereocenters. The van der Waals surface area contributed by atoms with Gasteiger partial charge in [-0.05, 0) is 31.5 Å². The van der Waals surface area contributed by atoms with Gasteiger partial charge in [0.1, 0.15) is 0 Å². The summed E-state index contributed by atoms with van der Waals surface area (Å²) < 4.78 is 0. The highest BCUT2D eigenvalue weighted by Gasteiger charge is 2.13. The lowest BCUT2D eigenvalue weighted by Gasteiger charge is -2.23. The number of nitrogens with zero attached hydrogens (tertiary/aromatic N) is 2. The molecule has 0 heterocycles. The molecule has 0 aliphatic heterocycles. The molecule has 0 spiro atoms. The first-order valence-electron chi connectivity index (χ1n) is 5.84. The van der Waals surface area contributed by atoms with E-state index in [1.807, 2.05) is 18.9 Å². The summed E-state index contributed by atoms with van der Waals surface area (Å²) in [6.45, 7) is 4.83. The molecule has 0 aliphatic carbocycles. The Morgan fingerprint density at radius 3 is 2.35 bits per heavy atom. The number of aryl methyl sites for hydroxylation is 1. The molecule has 1 aromatic rings. The van der Waals surface area contributed by atoms with Crippen LogP contribution < -0.4 is 5.73 Å². The number of amidine groups is 1. The molecule has 1 rings (SSSR count). The molecule has 3 N–H and O–H groups in total. The summed E-state index contributed by atoms with van der Waals surface area (Å²) in [7, 11) is 1.95. The highest BCUT2D eigenvalue weighted by atomic mass is 16.4. The minimum atomic E-state index is -0.0779. The van der Waals surface area contributed by atoms with E-state index < -0.39 is 0 Å². The van der Waals surface area contributed by atoms with E-state index in [9.17, 15) is 0 Å². The summed E-state index contributed by atoms with van der Waals surface area (Å²) in [5.74, 6) is 0.234. The second-order valence-corrected chi connectivity index (χ2v) is 4.29. The molecule has 1 atom stereocenters.